The van der Waals surface area contributed by atoms with Gasteiger partial charge in [0.1, 0.15) is 0 Å². The molecular weight excluding hydrogens is 186 g/mol. The van der Waals surface area contributed by atoms with Gasteiger partial charge in [-0.1, -0.05) is 12.1 Å². The van der Waals surface area contributed by atoms with E-state index in [1.165, 1.54) is 0 Å². The Bertz CT molecular complexity index is 301. The Labute approximate surface area is 82.2 Å². The van der Waals surface area contributed by atoms with Crippen LogP contribution in [0.2, 0.25) is 0 Å². The van der Waals surface area contributed by atoms with Crippen LogP contribution in [-0.4, -0.2) is 17.6 Å². The van der Waals surface area contributed by atoms with E-state index in [4.69, 9.17) is 5.11 Å². The first-order chi connectivity index (χ1) is 6.20. The Hall–Kier alpha value is -1.16. The molecule has 0 heterocycles. The molecule has 70 valence electrons. The summed E-state index contributed by atoms with van der Waals surface area (Å²) in [6.45, 7) is 0.424. The quantitative estimate of drug-likeness (QED) is 0.646. The summed E-state index contributed by atoms with van der Waals surface area (Å²) >= 11 is 4.21. The van der Waals surface area contributed by atoms with E-state index < -0.39 is 5.97 Å². The van der Waals surface area contributed by atoms with E-state index in [9.17, 15) is 4.79 Å². The lowest BCUT2D eigenvalue weighted by molar-refractivity contribution is -0.136. The van der Waals surface area contributed by atoms with Crippen molar-refractivity contribution in [3.05, 3.63) is 24.3 Å². The summed E-state index contributed by atoms with van der Waals surface area (Å²) in [5.74, 6) is -0.802. The van der Waals surface area contributed by atoms with E-state index in [-0.39, 0.29) is 6.42 Å². The highest BCUT2D eigenvalue weighted by atomic mass is 32.1. The molecule has 1 aromatic rings. The zero-order valence-electron chi connectivity index (χ0n) is 7.03. The van der Waals surface area contributed by atoms with Crippen LogP contribution in [-0.2, 0) is 4.79 Å². The van der Waals surface area contributed by atoms with E-state index in [1.807, 2.05) is 24.3 Å². The molecule has 0 radical (unpaired) electrons. The van der Waals surface area contributed by atoms with Crippen molar-refractivity contribution < 1.29 is 9.90 Å². The van der Waals surface area contributed by atoms with Crippen molar-refractivity contribution in [1.82, 2.24) is 0 Å². The first kappa shape index (κ1) is 9.92. The summed E-state index contributed by atoms with van der Waals surface area (Å²) in [4.78, 5) is 11.0. The minimum absolute atomic E-state index is 0.113. The minimum atomic E-state index is -0.802. The number of nitrogens with one attached hydrogen (secondary N) is 1. The second-order valence-corrected chi connectivity index (χ2v) is 3.07. The van der Waals surface area contributed by atoms with Crippen LogP contribution in [0, 0.1) is 0 Å². The van der Waals surface area contributed by atoms with E-state index in [0.29, 0.717) is 6.54 Å². The highest BCUT2D eigenvalue weighted by Gasteiger charge is 1.98. The lowest BCUT2D eigenvalue weighted by Crippen LogP contribution is -2.07. The number of rotatable bonds is 4. The van der Waals surface area contributed by atoms with E-state index in [0.717, 1.165) is 10.6 Å². The van der Waals surface area contributed by atoms with E-state index >= 15 is 0 Å². The molecule has 0 atom stereocenters. The second kappa shape index (κ2) is 4.77. The second-order valence-electron chi connectivity index (χ2n) is 2.59. The van der Waals surface area contributed by atoms with Gasteiger partial charge in [0.15, 0.2) is 0 Å². The summed E-state index contributed by atoms with van der Waals surface area (Å²) in [5.41, 5.74) is 0.868. The van der Waals surface area contributed by atoms with Gasteiger partial charge in [0, 0.05) is 17.1 Å². The topological polar surface area (TPSA) is 49.3 Å². The lowest BCUT2D eigenvalue weighted by atomic mass is 10.3. The molecule has 0 aliphatic carbocycles. The number of hydrogen-bond acceptors (Lipinski definition) is 3. The average molecular weight is 197 g/mol. The lowest BCUT2D eigenvalue weighted by Gasteiger charge is -2.06. The van der Waals surface area contributed by atoms with Crippen LogP contribution in [0.4, 0.5) is 5.69 Å². The number of aliphatic carboxylic acids is 1. The molecule has 0 aliphatic heterocycles. The van der Waals surface area contributed by atoms with Crippen molar-refractivity contribution in [1.29, 1.82) is 0 Å². The minimum Gasteiger partial charge on any atom is -0.481 e. The fourth-order valence-electron chi connectivity index (χ4n) is 0.927. The number of carbonyl (C=O) groups is 1. The van der Waals surface area contributed by atoms with Crippen LogP contribution in [0.1, 0.15) is 6.42 Å². The number of carboxylic acids is 1. The SMILES string of the molecule is O=C(O)CCNc1ccccc1S. The van der Waals surface area contributed by atoms with Crippen LogP contribution in [0.25, 0.3) is 0 Å². The fourth-order valence-corrected chi connectivity index (χ4v) is 1.17. The maximum absolute atomic E-state index is 10.2. The average Bonchev–Trinajstić information content (AvgIpc) is 2.08. The molecule has 0 spiro atoms. The van der Waals surface area contributed by atoms with Crippen LogP contribution in [0.3, 0.4) is 0 Å². The largest absolute Gasteiger partial charge is 0.481 e. The van der Waals surface area contributed by atoms with Crippen molar-refractivity contribution >= 4 is 24.3 Å². The number of benzene rings is 1. The van der Waals surface area contributed by atoms with Gasteiger partial charge in [0.05, 0.1) is 6.42 Å². The Balaban J connectivity index is 2.45. The molecule has 0 unspecified atom stereocenters. The molecule has 4 heteroatoms. The first-order valence-electron chi connectivity index (χ1n) is 3.94. The first-order valence-corrected chi connectivity index (χ1v) is 4.38. The van der Waals surface area contributed by atoms with Gasteiger partial charge < -0.3 is 10.4 Å². The maximum Gasteiger partial charge on any atom is 0.305 e. The Morgan fingerprint density at radius 2 is 2.15 bits per heavy atom. The zero-order valence-corrected chi connectivity index (χ0v) is 7.92. The van der Waals surface area contributed by atoms with Gasteiger partial charge in [-0.15, -0.1) is 12.6 Å². The number of carboxylic acid groups (broad SMARTS) is 1. The summed E-state index contributed by atoms with van der Waals surface area (Å²) in [5, 5.41) is 11.4. The van der Waals surface area contributed by atoms with Gasteiger partial charge in [0.2, 0.25) is 0 Å². The standard InChI is InChI=1S/C9H11NO2S/c11-9(12)5-6-10-7-3-1-2-4-8(7)13/h1-4,10,13H,5-6H2,(H,11,12). The molecule has 0 bridgehead atoms. The molecule has 0 saturated heterocycles. The van der Waals surface area contributed by atoms with Gasteiger partial charge >= 0.3 is 5.97 Å². The Kier molecular flexibility index (Phi) is 3.64. The van der Waals surface area contributed by atoms with Gasteiger partial charge in [0.25, 0.3) is 0 Å². The number of anilines is 1. The summed E-state index contributed by atoms with van der Waals surface area (Å²) in [6, 6.07) is 7.48. The summed E-state index contributed by atoms with van der Waals surface area (Å²) in [7, 11) is 0. The molecule has 0 aromatic heterocycles. The third kappa shape index (κ3) is 3.38. The predicted octanol–water partition coefficient (Wildman–Crippen LogP) is 1.86. The molecule has 13 heavy (non-hydrogen) atoms. The summed E-state index contributed by atoms with van der Waals surface area (Å²) < 4.78 is 0. The van der Waals surface area contributed by atoms with Gasteiger partial charge in [-0.2, -0.15) is 0 Å². The van der Waals surface area contributed by atoms with Crippen LogP contribution in [0.15, 0.2) is 29.2 Å². The molecule has 0 amide bonds. The molecule has 3 nitrogen and oxygen atoms in total. The molecule has 2 N–H and O–H groups in total. The molecule has 1 rings (SSSR count). The van der Waals surface area contributed by atoms with Crippen LogP contribution < -0.4 is 5.32 Å². The highest BCUT2D eigenvalue weighted by molar-refractivity contribution is 7.80. The van der Waals surface area contributed by atoms with Crippen molar-refractivity contribution in [2.75, 3.05) is 11.9 Å². The van der Waals surface area contributed by atoms with Gasteiger partial charge in [-0.3, -0.25) is 4.79 Å². The fraction of sp³-hybridized carbons (Fsp3) is 0.222. The third-order valence-corrected chi connectivity index (χ3v) is 1.95. The number of thiol groups is 1. The van der Waals surface area contributed by atoms with Crippen molar-refractivity contribution in [2.45, 2.75) is 11.3 Å². The molecule has 1 aromatic carbocycles. The Morgan fingerprint density at radius 1 is 1.46 bits per heavy atom. The summed E-state index contributed by atoms with van der Waals surface area (Å²) in [6.07, 6.45) is 0.113. The smallest absolute Gasteiger partial charge is 0.305 e. The Morgan fingerprint density at radius 3 is 2.77 bits per heavy atom. The monoisotopic (exact) mass is 197 g/mol. The predicted molar refractivity (Wildman–Crippen MR) is 54.4 cm³/mol. The number of para-hydroxylation sites is 1. The number of hydrogen-bond donors (Lipinski definition) is 3. The van der Waals surface area contributed by atoms with Crippen molar-refractivity contribution in [3.8, 4) is 0 Å². The van der Waals surface area contributed by atoms with Crippen molar-refractivity contribution in [2.24, 2.45) is 0 Å². The third-order valence-electron chi connectivity index (χ3n) is 1.56. The van der Waals surface area contributed by atoms with Crippen LogP contribution in [0.5, 0.6) is 0 Å². The molecule has 0 saturated carbocycles. The van der Waals surface area contributed by atoms with Gasteiger partial charge in [-0.25, -0.2) is 0 Å². The van der Waals surface area contributed by atoms with E-state index in [1.54, 1.807) is 0 Å². The highest BCUT2D eigenvalue weighted by Crippen LogP contribution is 2.17. The van der Waals surface area contributed by atoms with Gasteiger partial charge in [-0.05, 0) is 12.1 Å². The normalized spacial score (nSPS) is 9.62. The zero-order chi connectivity index (χ0) is 9.68. The molecule has 0 fully saturated rings. The van der Waals surface area contributed by atoms with Crippen LogP contribution >= 0.6 is 12.6 Å². The molecule has 0 aliphatic rings. The van der Waals surface area contributed by atoms with Crippen molar-refractivity contribution in [3.63, 3.8) is 0 Å². The molecular formula is C9H11NO2S. The maximum atomic E-state index is 10.2. The van der Waals surface area contributed by atoms with E-state index in [2.05, 4.69) is 17.9 Å².